The van der Waals surface area contributed by atoms with Crippen LogP contribution in [-0.2, 0) is 6.42 Å². The molecule has 0 saturated carbocycles. The van der Waals surface area contributed by atoms with Gasteiger partial charge in [-0.3, -0.25) is 4.90 Å². The van der Waals surface area contributed by atoms with Crippen LogP contribution in [0.1, 0.15) is 23.6 Å². The van der Waals surface area contributed by atoms with Crippen LogP contribution in [0.2, 0.25) is 0 Å². The second kappa shape index (κ2) is 8.17. The third-order valence-corrected chi connectivity index (χ3v) is 5.33. The molecule has 1 aromatic rings. The third-order valence-electron chi connectivity index (χ3n) is 5.33. The first-order valence-electron chi connectivity index (χ1n) is 9.21. The van der Waals surface area contributed by atoms with E-state index in [0.717, 1.165) is 39.0 Å². The van der Waals surface area contributed by atoms with E-state index < -0.39 is 6.10 Å². The highest BCUT2D eigenvalue weighted by Gasteiger charge is 2.25. The Labute approximate surface area is 150 Å². The number of benzene rings is 1. The molecule has 1 aliphatic heterocycles. The number of aliphatic hydroxyl groups excluding tert-OH is 1. The second-order valence-corrected chi connectivity index (χ2v) is 7.38. The largest absolute Gasteiger partial charge is 0.390 e. The smallest absolute Gasteiger partial charge is 0.317 e. The minimum atomic E-state index is -0.518. The van der Waals surface area contributed by atoms with Crippen LogP contribution in [0, 0.1) is 0 Å². The summed E-state index contributed by atoms with van der Waals surface area (Å²) in [5, 5.41) is 13.4. The van der Waals surface area contributed by atoms with Gasteiger partial charge in [0.2, 0.25) is 0 Å². The summed E-state index contributed by atoms with van der Waals surface area (Å²) in [7, 11) is 3.87. The first-order valence-corrected chi connectivity index (χ1v) is 9.21. The Morgan fingerprint density at radius 1 is 1.32 bits per heavy atom. The Kier molecular flexibility index (Phi) is 5.93. The quantitative estimate of drug-likeness (QED) is 0.833. The van der Waals surface area contributed by atoms with E-state index in [0.29, 0.717) is 13.1 Å². The minimum absolute atomic E-state index is 0.0842. The Morgan fingerprint density at radius 3 is 2.80 bits per heavy atom. The molecule has 138 valence electrons. The fourth-order valence-electron chi connectivity index (χ4n) is 3.75. The van der Waals surface area contributed by atoms with Crippen molar-refractivity contribution in [2.24, 2.45) is 0 Å². The van der Waals surface area contributed by atoms with E-state index in [9.17, 15) is 9.90 Å². The lowest BCUT2D eigenvalue weighted by molar-refractivity contribution is 0.0655. The number of urea groups is 1. The Hall–Kier alpha value is -1.63. The number of aliphatic hydroxyl groups is 1. The van der Waals surface area contributed by atoms with Crippen molar-refractivity contribution in [3.8, 4) is 0 Å². The number of amides is 2. The van der Waals surface area contributed by atoms with Gasteiger partial charge in [0.15, 0.2) is 0 Å². The predicted molar refractivity (Wildman–Crippen MR) is 98.6 cm³/mol. The average Bonchev–Trinajstić information content (AvgIpc) is 3.00. The summed E-state index contributed by atoms with van der Waals surface area (Å²) in [6, 6.07) is 8.26. The van der Waals surface area contributed by atoms with Gasteiger partial charge in [-0.15, -0.1) is 0 Å². The Bertz CT molecular complexity index is 587. The van der Waals surface area contributed by atoms with Gasteiger partial charge in [0, 0.05) is 46.3 Å². The summed E-state index contributed by atoms with van der Waals surface area (Å²) in [5.41, 5.74) is 2.55. The first kappa shape index (κ1) is 18.2. The maximum absolute atomic E-state index is 12.5. The monoisotopic (exact) mass is 346 g/mol. The molecule has 2 atom stereocenters. The highest BCUT2D eigenvalue weighted by atomic mass is 16.3. The highest BCUT2D eigenvalue weighted by molar-refractivity contribution is 5.74. The second-order valence-electron chi connectivity index (χ2n) is 7.38. The molecule has 1 fully saturated rings. The zero-order valence-corrected chi connectivity index (χ0v) is 15.3. The molecule has 25 heavy (non-hydrogen) atoms. The lowest BCUT2D eigenvalue weighted by Crippen LogP contribution is -2.49. The predicted octanol–water partition coefficient (Wildman–Crippen LogP) is 0.924. The maximum atomic E-state index is 12.5. The van der Waals surface area contributed by atoms with Crippen LogP contribution in [0.5, 0.6) is 0 Å². The van der Waals surface area contributed by atoms with Crippen molar-refractivity contribution in [2.75, 3.05) is 53.4 Å². The third kappa shape index (κ3) is 4.71. The van der Waals surface area contributed by atoms with Gasteiger partial charge in [0.25, 0.3) is 0 Å². The first-order chi connectivity index (χ1) is 12.0. The van der Waals surface area contributed by atoms with Gasteiger partial charge in [0.05, 0.1) is 12.1 Å². The number of aryl methyl sites for hydroxylation is 1. The number of piperazine rings is 1. The van der Waals surface area contributed by atoms with Crippen molar-refractivity contribution < 1.29 is 9.90 Å². The van der Waals surface area contributed by atoms with E-state index in [1.54, 1.807) is 11.9 Å². The Morgan fingerprint density at radius 2 is 2.04 bits per heavy atom. The summed E-state index contributed by atoms with van der Waals surface area (Å²) in [5.74, 6) is 0. The van der Waals surface area contributed by atoms with Crippen molar-refractivity contribution in [3.63, 3.8) is 0 Å². The van der Waals surface area contributed by atoms with E-state index >= 15 is 0 Å². The number of likely N-dealkylation sites (N-methyl/N-ethyl adjacent to an activating group) is 2. The Balaban J connectivity index is 1.45. The van der Waals surface area contributed by atoms with Crippen LogP contribution in [0.3, 0.4) is 0 Å². The number of hydrogen-bond acceptors (Lipinski definition) is 4. The van der Waals surface area contributed by atoms with Gasteiger partial charge in [0.1, 0.15) is 0 Å². The molecule has 0 aromatic heterocycles. The summed E-state index contributed by atoms with van der Waals surface area (Å²) >= 11 is 0. The van der Waals surface area contributed by atoms with Crippen molar-refractivity contribution in [2.45, 2.75) is 25.0 Å². The van der Waals surface area contributed by atoms with Gasteiger partial charge >= 0.3 is 6.03 Å². The van der Waals surface area contributed by atoms with Crippen LogP contribution in [0.25, 0.3) is 0 Å². The van der Waals surface area contributed by atoms with Gasteiger partial charge in [-0.2, -0.15) is 0 Å². The molecule has 6 heteroatoms. The molecule has 6 nitrogen and oxygen atoms in total. The molecule has 1 aromatic carbocycles. The molecule has 3 rings (SSSR count). The minimum Gasteiger partial charge on any atom is -0.390 e. The molecule has 2 aliphatic rings. The normalized spacial score (nSPS) is 22.4. The summed E-state index contributed by atoms with van der Waals surface area (Å²) < 4.78 is 0. The van der Waals surface area contributed by atoms with Crippen LogP contribution in [-0.4, -0.2) is 85.3 Å². The molecule has 2 unspecified atom stereocenters. The number of carbonyl (C=O) groups excluding carboxylic acids is 1. The molecule has 0 spiro atoms. The van der Waals surface area contributed by atoms with E-state index in [1.807, 2.05) is 12.1 Å². The van der Waals surface area contributed by atoms with Crippen molar-refractivity contribution in [3.05, 3.63) is 35.4 Å². The molecular weight excluding hydrogens is 316 g/mol. The number of carbonyl (C=O) groups is 1. The van der Waals surface area contributed by atoms with Crippen LogP contribution in [0.4, 0.5) is 4.79 Å². The van der Waals surface area contributed by atoms with E-state index in [2.05, 4.69) is 34.3 Å². The standard InChI is InChI=1S/C19H30N4O2/c1-21-9-11-23(12-10-21)14-16(24)13-22(2)19(25)20-18-8-7-15-5-3-4-6-17(15)18/h3-6,16,18,24H,7-14H2,1-2H3,(H,20,25). The van der Waals surface area contributed by atoms with Gasteiger partial charge < -0.3 is 20.2 Å². The zero-order chi connectivity index (χ0) is 17.8. The number of rotatable bonds is 5. The van der Waals surface area contributed by atoms with Crippen LogP contribution >= 0.6 is 0 Å². The van der Waals surface area contributed by atoms with Crippen LogP contribution < -0.4 is 5.32 Å². The van der Waals surface area contributed by atoms with Crippen molar-refractivity contribution >= 4 is 6.03 Å². The zero-order valence-electron chi connectivity index (χ0n) is 15.3. The molecule has 2 N–H and O–H groups in total. The summed E-state index contributed by atoms with van der Waals surface area (Å²) in [6.45, 7) is 4.99. The molecule has 1 heterocycles. The number of nitrogens with zero attached hydrogens (tertiary/aromatic N) is 3. The fraction of sp³-hybridized carbons (Fsp3) is 0.632. The number of fused-ring (bicyclic) bond motifs is 1. The van der Waals surface area contributed by atoms with Gasteiger partial charge in [-0.1, -0.05) is 24.3 Å². The summed E-state index contributed by atoms with van der Waals surface area (Å²) in [6.07, 6.45) is 1.44. The lowest BCUT2D eigenvalue weighted by Gasteiger charge is -2.34. The van der Waals surface area contributed by atoms with E-state index in [4.69, 9.17) is 0 Å². The highest BCUT2D eigenvalue weighted by Crippen LogP contribution is 2.30. The molecule has 1 saturated heterocycles. The van der Waals surface area contributed by atoms with Crippen LogP contribution in [0.15, 0.2) is 24.3 Å². The molecule has 0 radical (unpaired) electrons. The molecular formula is C19H30N4O2. The average molecular weight is 346 g/mol. The van der Waals surface area contributed by atoms with E-state index in [1.165, 1.54) is 11.1 Å². The number of β-amino-alcohol motifs (C(OH)–C–C–N with tert-alkyl or cyclic N) is 1. The van der Waals surface area contributed by atoms with Crippen molar-refractivity contribution in [1.82, 2.24) is 20.0 Å². The number of hydrogen-bond donors (Lipinski definition) is 2. The van der Waals surface area contributed by atoms with Gasteiger partial charge in [-0.25, -0.2) is 4.79 Å². The topological polar surface area (TPSA) is 59.1 Å². The molecule has 1 aliphatic carbocycles. The maximum Gasteiger partial charge on any atom is 0.317 e. The SMILES string of the molecule is CN1CCN(CC(O)CN(C)C(=O)NC2CCc3ccccc32)CC1. The fourth-order valence-corrected chi connectivity index (χ4v) is 3.75. The molecule has 0 bridgehead atoms. The van der Waals surface area contributed by atoms with E-state index in [-0.39, 0.29) is 12.1 Å². The number of nitrogens with one attached hydrogen (secondary N) is 1. The molecule has 2 amide bonds. The van der Waals surface area contributed by atoms with Gasteiger partial charge in [-0.05, 0) is 31.0 Å². The van der Waals surface area contributed by atoms with Crippen molar-refractivity contribution in [1.29, 1.82) is 0 Å². The lowest BCUT2D eigenvalue weighted by atomic mass is 10.1. The summed E-state index contributed by atoms with van der Waals surface area (Å²) in [4.78, 5) is 18.6.